The summed E-state index contributed by atoms with van der Waals surface area (Å²) in [6.45, 7) is 0. The van der Waals surface area contributed by atoms with Crippen LogP contribution >= 0.6 is 0 Å². The molecule has 0 aliphatic heterocycles. The zero-order chi connectivity index (χ0) is 6.99. The summed E-state index contributed by atoms with van der Waals surface area (Å²) < 4.78 is 0. The van der Waals surface area contributed by atoms with Gasteiger partial charge >= 0.3 is 6.09 Å². The van der Waals surface area contributed by atoms with Gasteiger partial charge in [0.15, 0.2) is 0 Å². The lowest BCUT2D eigenvalue weighted by atomic mass is 11.3. The first-order valence-electron chi connectivity index (χ1n) is 1.39. The van der Waals surface area contributed by atoms with E-state index in [4.69, 9.17) is 10.2 Å². The number of primary amides is 1. The van der Waals surface area contributed by atoms with Crippen LogP contribution in [0.5, 0.6) is 0 Å². The van der Waals surface area contributed by atoms with Gasteiger partial charge in [0.1, 0.15) is 0 Å². The maximum absolute atomic E-state index is 9.24. The van der Waals surface area contributed by atoms with Crippen molar-refractivity contribution in [1.82, 2.24) is 6.15 Å². The van der Waals surface area contributed by atoms with Gasteiger partial charge in [0.25, 0.3) is 0 Å². The van der Waals surface area contributed by atoms with Crippen LogP contribution in [0.1, 0.15) is 0 Å². The van der Waals surface area contributed by atoms with E-state index in [1.54, 1.807) is 0 Å². The van der Waals surface area contributed by atoms with Crippen LogP contribution in [0.4, 0.5) is 4.79 Å². The minimum Gasteiger partial charge on any atom is -0.357 e. The van der Waals surface area contributed by atoms with Crippen molar-refractivity contribution in [2.45, 2.75) is 0 Å². The largest absolute Gasteiger partial charge is 0.423 e. The van der Waals surface area contributed by atoms with Crippen molar-refractivity contribution in [3.63, 3.8) is 0 Å². The first-order chi connectivity index (χ1) is 3.68. The number of carbonyl (C=O) groups excluding carboxylic acids is 2. The van der Waals surface area contributed by atoms with Crippen molar-refractivity contribution in [3.05, 3.63) is 0 Å². The minimum atomic E-state index is -0.968. The fourth-order valence-corrected chi connectivity index (χ4v) is 0. The lowest BCUT2D eigenvalue weighted by Gasteiger charge is -1.79. The molecule has 0 radical (unpaired) electrons. The monoisotopic (exact) mass is 136 g/mol. The molecule has 0 aliphatic carbocycles. The van der Waals surface area contributed by atoms with E-state index >= 15 is 0 Å². The summed E-state index contributed by atoms with van der Waals surface area (Å²) >= 11 is 0. The maximum Gasteiger partial charge on any atom is 0.423 e. The molecule has 0 fully saturated rings. The number of hydrogen-bond acceptors (Lipinski definition) is 6. The van der Waals surface area contributed by atoms with Crippen LogP contribution in [0.15, 0.2) is 0 Å². The minimum absolute atomic E-state index is 0. The third kappa shape index (κ3) is 422. The Hall–Kier alpha value is -1.43. The highest BCUT2D eigenvalue weighted by atomic mass is 16.7. The summed E-state index contributed by atoms with van der Waals surface area (Å²) in [6.07, 6.45) is -0.218. The summed E-state index contributed by atoms with van der Waals surface area (Å²) in [7, 11) is 0. The van der Waals surface area contributed by atoms with Crippen molar-refractivity contribution in [3.8, 4) is 0 Å². The van der Waals surface area contributed by atoms with Crippen LogP contribution < -0.4 is 17.8 Å². The third-order valence-corrected chi connectivity index (χ3v) is 0.116. The first kappa shape index (κ1) is 15.6. The van der Waals surface area contributed by atoms with Gasteiger partial charge in [0.05, 0.1) is 0 Å². The molecule has 0 spiro atoms. The van der Waals surface area contributed by atoms with Gasteiger partial charge in [-0.15, -0.1) is 0 Å². The van der Waals surface area contributed by atoms with Crippen molar-refractivity contribution < 1.29 is 14.4 Å². The zero-order valence-electron chi connectivity index (χ0n) is 4.59. The molecule has 54 valence electrons. The van der Waals surface area contributed by atoms with Crippen molar-refractivity contribution in [1.29, 1.82) is 5.41 Å². The van der Waals surface area contributed by atoms with Crippen LogP contribution in [0.3, 0.4) is 0 Å². The number of carbonyl (C=O) groups is 1. The molecule has 0 aliphatic rings. The van der Waals surface area contributed by atoms with Gasteiger partial charge in [-0.2, -0.15) is 5.90 Å². The summed E-state index contributed by atoms with van der Waals surface area (Å²) in [5.41, 5.74) is 4.31. The highest BCUT2D eigenvalue weighted by Crippen LogP contribution is 1.49. The Balaban J connectivity index is -0.0000000800. The Morgan fingerprint density at radius 3 is 1.78 bits per heavy atom. The van der Waals surface area contributed by atoms with Gasteiger partial charge in [-0.3, -0.25) is 0 Å². The lowest BCUT2D eigenvalue weighted by molar-refractivity contribution is 0.159. The van der Waals surface area contributed by atoms with E-state index in [1.807, 2.05) is 0 Å². The number of nitrogens with two attached hydrogens (primary N) is 2. The standard InChI is InChI=1S/CH4N2O2.CHNO.H3N/c2-1(4)5-3;2-1-3;/h3H2,(H2,2,4);2H;1H3. The second-order valence-corrected chi connectivity index (χ2v) is 0.539. The second-order valence-electron chi connectivity index (χ2n) is 0.539. The van der Waals surface area contributed by atoms with E-state index in [0.29, 0.717) is 0 Å². The average Bonchev–Trinajstić information content (AvgIpc) is 1.69. The molecular formula is C2H8N4O3. The molecule has 0 heterocycles. The molecule has 7 nitrogen and oxygen atoms in total. The molecular weight excluding hydrogens is 128 g/mol. The molecule has 0 bridgehead atoms. The molecule has 0 aromatic carbocycles. The van der Waals surface area contributed by atoms with Crippen LogP contribution in [0.25, 0.3) is 0 Å². The van der Waals surface area contributed by atoms with Gasteiger partial charge in [0.2, 0.25) is 6.08 Å². The van der Waals surface area contributed by atoms with Crippen LogP contribution in [-0.4, -0.2) is 12.2 Å². The Labute approximate surface area is 51.0 Å². The predicted octanol–water partition coefficient (Wildman–Crippen LogP) is -0.982. The Kier molecular flexibility index (Phi) is 27.8. The third-order valence-electron chi connectivity index (χ3n) is 0.116. The summed E-state index contributed by atoms with van der Waals surface area (Å²) in [5, 5.41) is 5.40. The van der Waals surface area contributed by atoms with Crippen LogP contribution in [0, 0.1) is 5.41 Å². The molecule has 0 unspecified atom stereocenters. The maximum atomic E-state index is 9.24. The normalized spacial score (nSPS) is 4.56. The number of nitrogens with one attached hydrogen (secondary N) is 1. The number of rotatable bonds is 0. The number of amides is 1. The molecule has 8 N–H and O–H groups in total. The molecule has 0 aromatic heterocycles. The molecule has 0 rings (SSSR count). The Bertz CT molecular complexity index is 96.0. The van der Waals surface area contributed by atoms with Gasteiger partial charge in [-0.25, -0.2) is 15.0 Å². The van der Waals surface area contributed by atoms with Crippen molar-refractivity contribution >= 4 is 12.2 Å². The first-order valence-corrected chi connectivity index (χ1v) is 1.39. The number of hydrogen-bond donors (Lipinski definition) is 4. The molecule has 1 amide bonds. The van der Waals surface area contributed by atoms with Crippen molar-refractivity contribution in [2.24, 2.45) is 11.6 Å². The second kappa shape index (κ2) is 16.0. The van der Waals surface area contributed by atoms with Crippen molar-refractivity contribution in [2.75, 3.05) is 0 Å². The van der Waals surface area contributed by atoms with Gasteiger partial charge in [0, 0.05) is 0 Å². The van der Waals surface area contributed by atoms with Gasteiger partial charge < -0.3 is 16.7 Å². The highest BCUT2D eigenvalue weighted by molar-refractivity contribution is 5.63. The van der Waals surface area contributed by atoms with E-state index in [2.05, 4.69) is 16.5 Å². The van der Waals surface area contributed by atoms with Crippen LogP contribution in [0.2, 0.25) is 0 Å². The molecule has 0 atom stereocenters. The quantitative estimate of drug-likeness (QED) is 0.191. The Morgan fingerprint density at radius 1 is 1.67 bits per heavy atom. The van der Waals surface area contributed by atoms with Gasteiger partial charge in [-0.1, -0.05) is 0 Å². The smallest absolute Gasteiger partial charge is 0.357 e. The van der Waals surface area contributed by atoms with E-state index in [1.165, 1.54) is 0 Å². The summed E-state index contributed by atoms with van der Waals surface area (Å²) in [4.78, 5) is 21.0. The lowest BCUT2D eigenvalue weighted by Crippen LogP contribution is -2.16. The molecule has 9 heavy (non-hydrogen) atoms. The molecule has 7 heteroatoms. The SMILES string of the molecule is N.N=C=O.NOC(N)=O. The fraction of sp³-hybridized carbons (Fsp3) is 0. The molecule has 0 aromatic rings. The van der Waals surface area contributed by atoms with E-state index in [9.17, 15) is 4.79 Å². The van der Waals surface area contributed by atoms with Gasteiger partial charge in [-0.05, 0) is 0 Å². The van der Waals surface area contributed by atoms with E-state index in [-0.39, 0.29) is 6.15 Å². The Morgan fingerprint density at radius 2 is 1.78 bits per heavy atom. The zero-order valence-corrected chi connectivity index (χ0v) is 4.59. The highest BCUT2D eigenvalue weighted by Gasteiger charge is 1.77. The van der Waals surface area contributed by atoms with Crippen LogP contribution in [-0.2, 0) is 9.63 Å². The topological polar surface area (TPSA) is 154 Å². The number of isocyanates is 1. The summed E-state index contributed by atoms with van der Waals surface area (Å²) in [5.74, 6) is 4.20. The molecule has 0 saturated carbocycles. The van der Waals surface area contributed by atoms with E-state index in [0.717, 1.165) is 6.08 Å². The molecule has 0 saturated heterocycles. The average molecular weight is 136 g/mol. The fourth-order valence-electron chi connectivity index (χ4n) is 0. The van der Waals surface area contributed by atoms with E-state index < -0.39 is 6.09 Å². The predicted molar refractivity (Wildman–Crippen MR) is 28.3 cm³/mol. The summed E-state index contributed by atoms with van der Waals surface area (Å²) in [6, 6.07) is 0.